The SMILES string of the molecule is Cc1ccc2nc(NC(=O)Nc3cccs3)sc2c1. The van der Waals surface area contributed by atoms with Crippen molar-refractivity contribution < 1.29 is 4.79 Å². The van der Waals surface area contributed by atoms with Crippen LogP contribution in [0.15, 0.2) is 35.7 Å². The third-order valence-corrected chi connectivity index (χ3v) is 4.24. The second-order valence-electron chi connectivity index (χ2n) is 4.05. The number of rotatable bonds is 2. The number of nitrogens with one attached hydrogen (secondary N) is 2. The Kier molecular flexibility index (Phi) is 3.18. The first-order chi connectivity index (χ1) is 9.20. The molecule has 2 heterocycles. The summed E-state index contributed by atoms with van der Waals surface area (Å²) in [5.41, 5.74) is 2.09. The first-order valence-corrected chi connectivity index (χ1v) is 7.39. The van der Waals surface area contributed by atoms with Crippen LogP contribution >= 0.6 is 22.7 Å². The van der Waals surface area contributed by atoms with Gasteiger partial charge in [0.1, 0.15) is 0 Å². The molecule has 0 spiro atoms. The van der Waals surface area contributed by atoms with Crippen molar-refractivity contribution in [3.8, 4) is 0 Å². The molecule has 2 amide bonds. The molecule has 0 bridgehead atoms. The van der Waals surface area contributed by atoms with Crippen molar-refractivity contribution in [2.45, 2.75) is 6.92 Å². The molecule has 0 unspecified atom stereocenters. The number of hydrogen-bond acceptors (Lipinski definition) is 4. The molecule has 0 fully saturated rings. The lowest BCUT2D eigenvalue weighted by Crippen LogP contribution is -2.18. The van der Waals surface area contributed by atoms with Crippen LogP contribution in [0.4, 0.5) is 14.9 Å². The summed E-state index contributed by atoms with van der Waals surface area (Å²) in [6.07, 6.45) is 0. The Labute approximate surface area is 118 Å². The molecular formula is C13H11N3OS2. The number of carbonyl (C=O) groups excluding carboxylic acids is 1. The van der Waals surface area contributed by atoms with Crippen molar-refractivity contribution in [2.24, 2.45) is 0 Å². The highest BCUT2D eigenvalue weighted by Gasteiger charge is 2.08. The van der Waals surface area contributed by atoms with Gasteiger partial charge in [0.25, 0.3) is 0 Å². The highest BCUT2D eigenvalue weighted by atomic mass is 32.1. The summed E-state index contributed by atoms with van der Waals surface area (Å²) in [6, 6.07) is 9.52. The van der Waals surface area contributed by atoms with Crippen molar-refractivity contribution in [3.63, 3.8) is 0 Å². The maximum Gasteiger partial charge on any atom is 0.326 e. The van der Waals surface area contributed by atoms with Gasteiger partial charge in [-0.15, -0.1) is 11.3 Å². The van der Waals surface area contributed by atoms with Gasteiger partial charge >= 0.3 is 6.03 Å². The Balaban J connectivity index is 1.76. The Morgan fingerprint density at radius 2 is 2.16 bits per heavy atom. The quantitative estimate of drug-likeness (QED) is 0.738. The third kappa shape index (κ3) is 2.74. The molecule has 0 saturated heterocycles. The number of urea groups is 1. The normalized spacial score (nSPS) is 10.6. The van der Waals surface area contributed by atoms with Gasteiger partial charge in [-0.3, -0.25) is 10.6 Å². The minimum atomic E-state index is -0.266. The van der Waals surface area contributed by atoms with Gasteiger partial charge < -0.3 is 0 Å². The molecule has 0 saturated carbocycles. The van der Waals surface area contributed by atoms with E-state index >= 15 is 0 Å². The maximum absolute atomic E-state index is 11.8. The number of benzene rings is 1. The van der Waals surface area contributed by atoms with Crippen LogP contribution in [0.5, 0.6) is 0 Å². The minimum Gasteiger partial charge on any atom is -0.299 e. The fourth-order valence-electron chi connectivity index (χ4n) is 1.68. The number of fused-ring (bicyclic) bond motifs is 1. The zero-order valence-electron chi connectivity index (χ0n) is 10.1. The van der Waals surface area contributed by atoms with Crippen molar-refractivity contribution in [2.75, 3.05) is 10.6 Å². The standard InChI is InChI=1S/C13H11N3OS2/c1-8-4-5-9-10(7-8)19-13(14-9)16-12(17)15-11-3-2-6-18-11/h2-7H,1H3,(H2,14,15,16,17). The van der Waals surface area contributed by atoms with E-state index in [-0.39, 0.29) is 6.03 Å². The molecular weight excluding hydrogens is 278 g/mol. The topological polar surface area (TPSA) is 54.0 Å². The first-order valence-electron chi connectivity index (χ1n) is 5.69. The van der Waals surface area contributed by atoms with Crippen LogP contribution in [0.1, 0.15) is 5.56 Å². The lowest BCUT2D eigenvalue weighted by molar-refractivity contribution is 0.262. The van der Waals surface area contributed by atoms with Crippen LogP contribution in [-0.4, -0.2) is 11.0 Å². The summed E-state index contributed by atoms with van der Waals surface area (Å²) in [7, 11) is 0. The summed E-state index contributed by atoms with van der Waals surface area (Å²) in [4.78, 5) is 16.1. The lowest BCUT2D eigenvalue weighted by Gasteiger charge is -2.01. The number of nitrogens with zero attached hydrogens (tertiary/aromatic N) is 1. The molecule has 4 nitrogen and oxygen atoms in total. The summed E-state index contributed by atoms with van der Waals surface area (Å²) in [6.45, 7) is 2.04. The number of carbonyl (C=O) groups is 1. The Morgan fingerprint density at radius 1 is 1.26 bits per heavy atom. The number of aryl methyl sites for hydroxylation is 1. The molecule has 0 aliphatic carbocycles. The van der Waals surface area contributed by atoms with Crippen molar-refractivity contribution in [1.82, 2.24) is 4.98 Å². The van der Waals surface area contributed by atoms with Crippen molar-refractivity contribution >= 4 is 49.1 Å². The number of anilines is 2. The molecule has 0 radical (unpaired) electrons. The van der Waals surface area contributed by atoms with Gasteiger partial charge in [0.15, 0.2) is 5.13 Å². The van der Waals surface area contributed by atoms with Crippen LogP contribution in [0.25, 0.3) is 10.2 Å². The Morgan fingerprint density at radius 3 is 2.95 bits per heavy atom. The molecule has 0 atom stereocenters. The molecule has 19 heavy (non-hydrogen) atoms. The van der Waals surface area contributed by atoms with Gasteiger partial charge in [0.2, 0.25) is 0 Å². The minimum absolute atomic E-state index is 0.266. The Hall–Kier alpha value is -1.92. The fourth-order valence-corrected chi connectivity index (χ4v) is 3.25. The van der Waals surface area contributed by atoms with Crippen LogP contribution in [-0.2, 0) is 0 Å². The zero-order valence-corrected chi connectivity index (χ0v) is 11.8. The van der Waals surface area contributed by atoms with E-state index in [9.17, 15) is 4.79 Å². The summed E-state index contributed by atoms with van der Waals surface area (Å²) in [5, 5.41) is 8.85. The number of thiophene rings is 1. The highest BCUT2D eigenvalue weighted by molar-refractivity contribution is 7.22. The number of amides is 2. The monoisotopic (exact) mass is 289 g/mol. The van der Waals surface area contributed by atoms with E-state index < -0.39 is 0 Å². The van der Waals surface area contributed by atoms with Gasteiger partial charge in [-0.1, -0.05) is 17.4 Å². The lowest BCUT2D eigenvalue weighted by atomic mass is 10.2. The van der Waals surface area contributed by atoms with E-state index in [1.165, 1.54) is 28.2 Å². The molecule has 96 valence electrons. The molecule has 1 aromatic carbocycles. The van der Waals surface area contributed by atoms with Crippen LogP contribution in [0, 0.1) is 6.92 Å². The summed E-state index contributed by atoms with van der Waals surface area (Å²) in [5.74, 6) is 0. The van der Waals surface area contributed by atoms with E-state index in [4.69, 9.17) is 0 Å². The molecule has 6 heteroatoms. The first kappa shape index (κ1) is 12.1. The molecule has 2 N–H and O–H groups in total. The van der Waals surface area contributed by atoms with Gasteiger partial charge in [-0.05, 0) is 42.1 Å². The molecule has 0 aliphatic heterocycles. The second kappa shape index (κ2) is 4.99. The van der Waals surface area contributed by atoms with Crippen LogP contribution < -0.4 is 10.6 Å². The van der Waals surface area contributed by atoms with E-state index in [1.54, 1.807) is 0 Å². The average Bonchev–Trinajstić information content (AvgIpc) is 2.97. The molecule has 0 aliphatic rings. The smallest absolute Gasteiger partial charge is 0.299 e. The van der Waals surface area contributed by atoms with E-state index in [0.717, 1.165) is 15.2 Å². The largest absolute Gasteiger partial charge is 0.326 e. The van der Waals surface area contributed by atoms with Gasteiger partial charge in [0, 0.05) is 0 Å². The van der Waals surface area contributed by atoms with Crippen LogP contribution in [0.3, 0.4) is 0 Å². The van der Waals surface area contributed by atoms with Crippen LogP contribution in [0.2, 0.25) is 0 Å². The van der Waals surface area contributed by atoms with E-state index in [0.29, 0.717) is 5.13 Å². The second-order valence-corrected chi connectivity index (χ2v) is 6.02. The summed E-state index contributed by atoms with van der Waals surface area (Å²) >= 11 is 2.95. The van der Waals surface area contributed by atoms with Gasteiger partial charge in [-0.25, -0.2) is 9.78 Å². The van der Waals surface area contributed by atoms with E-state index in [1.807, 2.05) is 36.6 Å². The average molecular weight is 289 g/mol. The fraction of sp³-hybridized carbons (Fsp3) is 0.0769. The van der Waals surface area contributed by atoms with Gasteiger partial charge in [0.05, 0.1) is 15.2 Å². The highest BCUT2D eigenvalue weighted by Crippen LogP contribution is 2.26. The number of aromatic nitrogens is 1. The molecule has 2 aromatic heterocycles. The number of hydrogen-bond donors (Lipinski definition) is 2. The summed E-state index contributed by atoms with van der Waals surface area (Å²) < 4.78 is 1.08. The van der Waals surface area contributed by atoms with Crippen molar-refractivity contribution in [3.05, 3.63) is 41.3 Å². The predicted molar refractivity (Wildman–Crippen MR) is 81.3 cm³/mol. The Bertz CT molecular complexity index is 719. The number of thiazole rings is 1. The zero-order chi connectivity index (χ0) is 13.2. The predicted octanol–water partition coefficient (Wildman–Crippen LogP) is 4.31. The van der Waals surface area contributed by atoms with E-state index in [2.05, 4.69) is 21.7 Å². The maximum atomic E-state index is 11.8. The van der Waals surface area contributed by atoms with Crippen molar-refractivity contribution in [1.29, 1.82) is 0 Å². The molecule has 3 aromatic rings. The third-order valence-electron chi connectivity index (χ3n) is 2.52. The molecule has 3 rings (SSSR count). The van der Waals surface area contributed by atoms with Gasteiger partial charge in [-0.2, -0.15) is 0 Å².